The van der Waals surface area contributed by atoms with Crippen molar-refractivity contribution in [2.45, 2.75) is 52.1 Å². The van der Waals surface area contributed by atoms with Crippen molar-refractivity contribution in [3.05, 3.63) is 35.1 Å². The van der Waals surface area contributed by atoms with Crippen molar-refractivity contribution in [2.24, 2.45) is 0 Å². The van der Waals surface area contributed by atoms with Gasteiger partial charge in [-0.3, -0.25) is 4.79 Å². The Hall–Kier alpha value is -1.38. The van der Waals surface area contributed by atoms with Crippen LogP contribution in [0.5, 0.6) is 0 Å². The van der Waals surface area contributed by atoms with Crippen molar-refractivity contribution in [3.63, 3.8) is 0 Å². The van der Waals surface area contributed by atoms with Crippen LogP contribution >= 0.6 is 0 Å². The summed E-state index contributed by atoms with van der Waals surface area (Å²) in [6.45, 7) is 5.97. The van der Waals surface area contributed by atoms with Gasteiger partial charge >= 0.3 is 0 Å². The number of rotatable bonds is 1. The summed E-state index contributed by atoms with van der Waals surface area (Å²) >= 11 is 0. The summed E-state index contributed by atoms with van der Waals surface area (Å²) in [5, 5.41) is 0. The van der Waals surface area contributed by atoms with Crippen LogP contribution in [0.15, 0.2) is 18.2 Å². The first-order valence-electron chi connectivity index (χ1n) is 6.59. The minimum atomic E-state index is -0.288. The average Bonchev–Trinajstić information content (AvgIpc) is 2.28. The minimum absolute atomic E-state index is 0.0344. The number of hydrogen-bond donors (Lipinski definition) is 0. The number of halogens is 1. The number of hydrogen-bond acceptors (Lipinski definition) is 1. The van der Waals surface area contributed by atoms with Gasteiger partial charge in [-0.15, -0.1) is 0 Å². The normalized spacial score (nSPS) is 24.1. The largest absolute Gasteiger partial charge is 0.333 e. The number of likely N-dealkylation sites (tertiary alicyclic amines) is 1. The Labute approximate surface area is 108 Å². The van der Waals surface area contributed by atoms with E-state index in [1.54, 1.807) is 13.0 Å². The summed E-state index contributed by atoms with van der Waals surface area (Å²) in [4.78, 5) is 14.5. The quantitative estimate of drug-likeness (QED) is 0.745. The number of piperidine rings is 1. The van der Waals surface area contributed by atoms with Gasteiger partial charge in [0.1, 0.15) is 5.82 Å². The van der Waals surface area contributed by atoms with E-state index in [4.69, 9.17) is 0 Å². The second-order valence-electron chi connectivity index (χ2n) is 5.30. The third kappa shape index (κ3) is 2.40. The molecular formula is C15H20FNO. The lowest BCUT2D eigenvalue weighted by molar-refractivity contribution is 0.0510. The maximum absolute atomic E-state index is 13.1. The van der Waals surface area contributed by atoms with Crippen molar-refractivity contribution in [3.8, 4) is 0 Å². The molecule has 0 saturated carbocycles. The maximum Gasteiger partial charge on any atom is 0.254 e. The first-order valence-corrected chi connectivity index (χ1v) is 6.59. The lowest BCUT2D eigenvalue weighted by atomic mass is 9.95. The predicted octanol–water partition coefficient (Wildman–Crippen LogP) is 3.54. The molecule has 2 nitrogen and oxygen atoms in total. The van der Waals surface area contributed by atoms with Gasteiger partial charge in [0.05, 0.1) is 0 Å². The van der Waals surface area contributed by atoms with Crippen LogP contribution in [-0.2, 0) is 0 Å². The van der Waals surface area contributed by atoms with Crippen LogP contribution in [0, 0.1) is 12.7 Å². The van der Waals surface area contributed by atoms with Crippen molar-refractivity contribution in [1.82, 2.24) is 4.90 Å². The highest BCUT2D eigenvalue weighted by molar-refractivity contribution is 5.96. The van der Waals surface area contributed by atoms with E-state index >= 15 is 0 Å². The molecule has 0 aromatic heterocycles. The van der Waals surface area contributed by atoms with Gasteiger partial charge in [-0.2, -0.15) is 0 Å². The van der Waals surface area contributed by atoms with E-state index in [1.807, 2.05) is 4.90 Å². The molecule has 1 aromatic carbocycles. The molecule has 1 aromatic rings. The first-order chi connectivity index (χ1) is 8.50. The molecule has 1 aliphatic heterocycles. The second-order valence-corrected chi connectivity index (χ2v) is 5.30. The number of carbonyl (C=O) groups excluding carboxylic acids is 1. The summed E-state index contributed by atoms with van der Waals surface area (Å²) in [6, 6.07) is 4.92. The molecule has 1 aliphatic rings. The predicted molar refractivity (Wildman–Crippen MR) is 70.1 cm³/mol. The number of carbonyl (C=O) groups is 1. The Kier molecular flexibility index (Phi) is 3.69. The molecule has 0 unspecified atom stereocenters. The van der Waals surface area contributed by atoms with Gasteiger partial charge in [0, 0.05) is 17.6 Å². The van der Waals surface area contributed by atoms with E-state index in [2.05, 4.69) is 13.8 Å². The fourth-order valence-electron chi connectivity index (χ4n) is 2.83. The van der Waals surface area contributed by atoms with Crippen LogP contribution in [-0.4, -0.2) is 22.9 Å². The van der Waals surface area contributed by atoms with Gasteiger partial charge in [-0.25, -0.2) is 4.39 Å². The van der Waals surface area contributed by atoms with Gasteiger partial charge < -0.3 is 4.90 Å². The minimum Gasteiger partial charge on any atom is -0.333 e. The number of benzene rings is 1. The summed E-state index contributed by atoms with van der Waals surface area (Å²) in [7, 11) is 0. The van der Waals surface area contributed by atoms with Crippen LogP contribution in [0.25, 0.3) is 0 Å². The number of aryl methyl sites for hydroxylation is 1. The molecular weight excluding hydrogens is 229 g/mol. The van der Waals surface area contributed by atoms with Crippen LogP contribution in [0.4, 0.5) is 4.39 Å². The van der Waals surface area contributed by atoms with Crippen molar-refractivity contribution in [2.75, 3.05) is 0 Å². The smallest absolute Gasteiger partial charge is 0.254 e. The molecule has 1 fully saturated rings. The highest BCUT2D eigenvalue weighted by Crippen LogP contribution is 2.25. The summed E-state index contributed by atoms with van der Waals surface area (Å²) in [5.41, 5.74) is 1.34. The Balaban J connectivity index is 2.29. The Morgan fingerprint density at radius 2 is 1.89 bits per heavy atom. The molecule has 0 spiro atoms. The van der Waals surface area contributed by atoms with Crippen LogP contribution in [0.2, 0.25) is 0 Å². The molecule has 1 amide bonds. The molecule has 3 heteroatoms. The van der Waals surface area contributed by atoms with Crippen LogP contribution in [0.1, 0.15) is 49.0 Å². The fraction of sp³-hybridized carbons (Fsp3) is 0.533. The molecule has 0 radical (unpaired) electrons. The number of amides is 1. The Morgan fingerprint density at radius 1 is 1.28 bits per heavy atom. The van der Waals surface area contributed by atoms with Crippen molar-refractivity contribution < 1.29 is 9.18 Å². The highest BCUT2D eigenvalue weighted by atomic mass is 19.1. The summed E-state index contributed by atoms with van der Waals surface area (Å²) < 4.78 is 13.1. The lowest BCUT2D eigenvalue weighted by Crippen LogP contribution is -2.47. The van der Waals surface area contributed by atoms with E-state index < -0.39 is 0 Å². The third-order valence-corrected chi connectivity index (χ3v) is 3.85. The Morgan fingerprint density at radius 3 is 2.44 bits per heavy atom. The molecule has 0 aliphatic carbocycles. The van der Waals surface area contributed by atoms with Gasteiger partial charge in [0.25, 0.3) is 5.91 Å². The monoisotopic (exact) mass is 249 g/mol. The second kappa shape index (κ2) is 5.09. The molecule has 2 atom stereocenters. The molecule has 0 N–H and O–H groups in total. The first kappa shape index (κ1) is 13.1. The third-order valence-electron chi connectivity index (χ3n) is 3.85. The van der Waals surface area contributed by atoms with E-state index in [1.165, 1.54) is 18.6 Å². The van der Waals surface area contributed by atoms with Gasteiger partial charge in [-0.05, 0) is 63.8 Å². The van der Waals surface area contributed by atoms with Crippen molar-refractivity contribution in [1.29, 1.82) is 0 Å². The van der Waals surface area contributed by atoms with Gasteiger partial charge in [0.2, 0.25) is 0 Å². The lowest BCUT2D eigenvalue weighted by Gasteiger charge is -2.39. The standard InChI is InChI=1S/C15H20FNO/c1-10-9-13(16)7-8-14(10)15(18)17-11(2)5-4-6-12(17)3/h7-9,11-12H,4-6H2,1-3H3/t11-,12+. The van der Waals surface area contributed by atoms with Crippen molar-refractivity contribution >= 4 is 5.91 Å². The SMILES string of the molecule is Cc1cc(F)ccc1C(=O)N1[C@H](C)CCC[C@@H]1C. The highest BCUT2D eigenvalue weighted by Gasteiger charge is 2.30. The number of nitrogens with zero attached hydrogens (tertiary/aromatic N) is 1. The zero-order chi connectivity index (χ0) is 13.3. The molecule has 1 saturated heterocycles. The maximum atomic E-state index is 13.1. The zero-order valence-corrected chi connectivity index (χ0v) is 11.2. The average molecular weight is 249 g/mol. The summed E-state index contributed by atoms with van der Waals surface area (Å²) in [6.07, 6.45) is 3.28. The van der Waals surface area contributed by atoms with E-state index in [0.29, 0.717) is 11.1 Å². The molecule has 2 rings (SSSR count). The van der Waals surface area contributed by atoms with E-state index in [0.717, 1.165) is 12.8 Å². The summed E-state index contributed by atoms with van der Waals surface area (Å²) in [5.74, 6) is -0.254. The Bertz CT molecular complexity index is 448. The van der Waals surface area contributed by atoms with Gasteiger partial charge in [0.15, 0.2) is 0 Å². The van der Waals surface area contributed by atoms with Crippen LogP contribution < -0.4 is 0 Å². The molecule has 1 heterocycles. The molecule has 0 bridgehead atoms. The van der Waals surface area contributed by atoms with Crippen LogP contribution in [0.3, 0.4) is 0 Å². The van der Waals surface area contributed by atoms with Gasteiger partial charge in [-0.1, -0.05) is 0 Å². The fourth-order valence-corrected chi connectivity index (χ4v) is 2.83. The zero-order valence-electron chi connectivity index (χ0n) is 11.2. The van der Waals surface area contributed by atoms with E-state index in [-0.39, 0.29) is 23.8 Å². The molecule has 18 heavy (non-hydrogen) atoms. The molecule has 98 valence electrons. The topological polar surface area (TPSA) is 20.3 Å². The van der Waals surface area contributed by atoms with E-state index in [9.17, 15) is 9.18 Å².